The van der Waals surface area contributed by atoms with E-state index in [0.717, 1.165) is 19.3 Å². The fraction of sp³-hybridized carbons (Fsp3) is 0.933. The maximum Gasteiger partial charge on any atom is 0.345 e. The van der Waals surface area contributed by atoms with Crippen LogP contribution in [-0.2, 0) is 9.53 Å². The molecule has 0 aliphatic carbocycles. The number of nitro groups is 1. The highest BCUT2D eigenvalue weighted by molar-refractivity contribution is 5.79. The lowest BCUT2D eigenvalue weighted by molar-refractivity contribution is -0.497. The van der Waals surface area contributed by atoms with E-state index in [1.165, 1.54) is 25.7 Å². The molecule has 6 heteroatoms. The summed E-state index contributed by atoms with van der Waals surface area (Å²) in [4.78, 5) is 21.6. The summed E-state index contributed by atoms with van der Waals surface area (Å²) in [6.45, 7) is 3.10. The molecule has 0 radical (unpaired) electrons. The Balaban J connectivity index is 4.02. The molecule has 0 aromatic heterocycles. The summed E-state index contributed by atoms with van der Waals surface area (Å²) in [6.07, 6.45) is 8.62. The van der Waals surface area contributed by atoms with Crippen LogP contribution >= 0.6 is 0 Å². The van der Waals surface area contributed by atoms with Gasteiger partial charge in [-0.25, -0.2) is 4.79 Å². The Kier molecular flexibility index (Phi) is 10.8. The molecule has 0 saturated heterocycles. The van der Waals surface area contributed by atoms with Crippen LogP contribution in [0.1, 0.15) is 71.6 Å². The molecule has 0 rings (SSSR count). The number of esters is 1. The van der Waals surface area contributed by atoms with Crippen molar-refractivity contribution in [2.45, 2.75) is 77.2 Å². The van der Waals surface area contributed by atoms with E-state index in [4.69, 9.17) is 4.74 Å². The van der Waals surface area contributed by atoms with Crippen LogP contribution in [-0.4, -0.2) is 34.8 Å². The van der Waals surface area contributed by atoms with Crippen LogP contribution in [0.15, 0.2) is 0 Å². The van der Waals surface area contributed by atoms with Crippen molar-refractivity contribution in [1.82, 2.24) is 0 Å². The van der Waals surface area contributed by atoms with Crippen molar-refractivity contribution >= 4 is 5.97 Å². The zero-order chi connectivity index (χ0) is 16.1. The highest BCUT2D eigenvalue weighted by Gasteiger charge is 2.42. The SMILES string of the molecule is CCCCCCCCCC[C@@](O)(C[N+](=O)[O-])C(=O)OCC. The lowest BCUT2D eigenvalue weighted by Gasteiger charge is -2.21. The van der Waals surface area contributed by atoms with E-state index in [1.54, 1.807) is 6.92 Å². The zero-order valence-electron chi connectivity index (χ0n) is 13.3. The predicted octanol–water partition coefficient (Wildman–Crippen LogP) is 3.09. The summed E-state index contributed by atoms with van der Waals surface area (Å²) in [5.41, 5.74) is -1.98. The van der Waals surface area contributed by atoms with Crippen molar-refractivity contribution in [1.29, 1.82) is 0 Å². The van der Waals surface area contributed by atoms with Crippen LogP contribution in [0.25, 0.3) is 0 Å². The first-order valence-corrected chi connectivity index (χ1v) is 7.97. The van der Waals surface area contributed by atoms with Crippen molar-refractivity contribution in [2.75, 3.05) is 13.2 Å². The zero-order valence-corrected chi connectivity index (χ0v) is 13.3. The summed E-state index contributed by atoms with van der Waals surface area (Å²) in [7, 11) is 0. The monoisotopic (exact) mass is 303 g/mol. The van der Waals surface area contributed by atoms with Gasteiger partial charge in [0.25, 0.3) is 0 Å². The molecule has 0 bridgehead atoms. The number of hydrogen-bond donors (Lipinski definition) is 1. The van der Waals surface area contributed by atoms with Crippen LogP contribution < -0.4 is 0 Å². The van der Waals surface area contributed by atoms with Crippen LogP contribution in [0, 0.1) is 10.1 Å². The fourth-order valence-corrected chi connectivity index (χ4v) is 2.28. The normalized spacial score (nSPS) is 13.7. The minimum absolute atomic E-state index is 0.0851. The van der Waals surface area contributed by atoms with Gasteiger partial charge in [0.1, 0.15) is 0 Å². The third-order valence-electron chi connectivity index (χ3n) is 3.49. The quantitative estimate of drug-likeness (QED) is 0.244. The molecule has 0 saturated carbocycles. The molecule has 0 spiro atoms. The Morgan fingerprint density at radius 1 is 1.10 bits per heavy atom. The molecule has 0 aromatic carbocycles. The van der Waals surface area contributed by atoms with Crippen molar-refractivity contribution < 1.29 is 19.6 Å². The molecule has 21 heavy (non-hydrogen) atoms. The first kappa shape index (κ1) is 19.8. The largest absolute Gasteiger partial charge is 0.464 e. The lowest BCUT2D eigenvalue weighted by Crippen LogP contribution is -2.46. The van der Waals surface area contributed by atoms with E-state index in [0.29, 0.717) is 6.42 Å². The molecule has 0 aliphatic heterocycles. The van der Waals surface area contributed by atoms with Crippen molar-refractivity contribution in [3.63, 3.8) is 0 Å². The Morgan fingerprint density at radius 2 is 1.62 bits per heavy atom. The molecule has 0 amide bonds. The molecular formula is C15H29NO5. The minimum atomic E-state index is -1.98. The highest BCUT2D eigenvalue weighted by atomic mass is 16.6. The Hall–Kier alpha value is -1.17. The number of nitrogens with zero attached hydrogens (tertiary/aromatic N) is 1. The van der Waals surface area contributed by atoms with Gasteiger partial charge in [-0.3, -0.25) is 10.1 Å². The number of carbonyl (C=O) groups is 1. The second kappa shape index (κ2) is 11.5. The number of carbonyl (C=O) groups excluding carboxylic acids is 1. The second-order valence-corrected chi connectivity index (χ2v) is 5.47. The van der Waals surface area contributed by atoms with Gasteiger partial charge in [-0.1, -0.05) is 51.9 Å². The van der Waals surface area contributed by atoms with Crippen LogP contribution in [0.4, 0.5) is 0 Å². The number of rotatable bonds is 13. The summed E-state index contributed by atoms with van der Waals surface area (Å²) in [5.74, 6) is -0.885. The topological polar surface area (TPSA) is 89.7 Å². The molecule has 0 unspecified atom stereocenters. The standard InChI is InChI=1S/C15H29NO5/c1-3-5-6-7-8-9-10-11-12-15(18,13-16(19)20)14(17)21-4-2/h18H,3-13H2,1-2H3/t15-/m1/s1. The number of aliphatic hydroxyl groups is 1. The molecule has 0 fully saturated rings. The first-order chi connectivity index (χ1) is 9.96. The Bertz CT molecular complexity index is 308. The molecule has 1 N–H and O–H groups in total. The predicted molar refractivity (Wildman–Crippen MR) is 80.7 cm³/mol. The van der Waals surface area contributed by atoms with Crippen molar-refractivity contribution in [2.24, 2.45) is 0 Å². The summed E-state index contributed by atoms with van der Waals surface area (Å²) in [5, 5.41) is 20.7. The first-order valence-electron chi connectivity index (χ1n) is 7.97. The van der Waals surface area contributed by atoms with E-state index in [2.05, 4.69) is 6.92 Å². The Morgan fingerprint density at radius 3 is 2.10 bits per heavy atom. The molecule has 6 nitrogen and oxygen atoms in total. The summed E-state index contributed by atoms with van der Waals surface area (Å²) >= 11 is 0. The molecule has 1 atom stereocenters. The van der Waals surface area contributed by atoms with Gasteiger partial charge in [0.05, 0.1) is 6.61 Å². The maximum absolute atomic E-state index is 11.7. The van der Waals surface area contributed by atoms with Gasteiger partial charge in [-0.15, -0.1) is 0 Å². The number of ether oxygens (including phenoxy) is 1. The third-order valence-corrected chi connectivity index (χ3v) is 3.49. The van der Waals surface area contributed by atoms with Crippen molar-refractivity contribution in [3.05, 3.63) is 10.1 Å². The van der Waals surface area contributed by atoms with Gasteiger partial charge >= 0.3 is 5.97 Å². The van der Waals surface area contributed by atoms with E-state index < -0.39 is 23.0 Å². The smallest absolute Gasteiger partial charge is 0.345 e. The van der Waals surface area contributed by atoms with E-state index in [9.17, 15) is 20.0 Å². The van der Waals surface area contributed by atoms with Gasteiger partial charge in [-0.2, -0.15) is 0 Å². The van der Waals surface area contributed by atoms with Gasteiger partial charge in [0, 0.05) is 4.92 Å². The minimum Gasteiger partial charge on any atom is -0.464 e. The Labute approximate surface area is 127 Å². The maximum atomic E-state index is 11.7. The van der Waals surface area contributed by atoms with E-state index in [-0.39, 0.29) is 13.0 Å². The third kappa shape index (κ3) is 9.39. The molecule has 124 valence electrons. The average Bonchev–Trinajstić information content (AvgIpc) is 2.41. The van der Waals surface area contributed by atoms with E-state index in [1.807, 2.05) is 0 Å². The molecule has 0 heterocycles. The van der Waals surface area contributed by atoms with E-state index >= 15 is 0 Å². The number of hydrogen-bond acceptors (Lipinski definition) is 5. The van der Waals surface area contributed by atoms with Gasteiger partial charge in [0.2, 0.25) is 12.1 Å². The lowest BCUT2D eigenvalue weighted by atomic mass is 9.95. The van der Waals surface area contributed by atoms with Gasteiger partial charge in [-0.05, 0) is 19.8 Å². The summed E-state index contributed by atoms with van der Waals surface area (Å²) < 4.78 is 4.74. The molecule has 0 aromatic rings. The highest BCUT2D eigenvalue weighted by Crippen LogP contribution is 2.19. The number of unbranched alkanes of at least 4 members (excludes halogenated alkanes) is 7. The van der Waals surface area contributed by atoms with Crippen LogP contribution in [0.5, 0.6) is 0 Å². The van der Waals surface area contributed by atoms with Gasteiger partial charge < -0.3 is 9.84 Å². The second-order valence-electron chi connectivity index (χ2n) is 5.47. The summed E-state index contributed by atoms with van der Waals surface area (Å²) in [6, 6.07) is 0. The molecular weight excluding hydrogens is 274 g/mol. The average molecular weight is 303 g/mol. The van der Waals surface area contributed by atoms with Gasteiger partial charge in [0.15, 0.2) is 0 Å². The van der Waals surface area contributed by atoms with Crippen molar-refractivity contribution in [3.8, 4) is 0 Å². The van der Waals surface area contributed by atoms with Crippen LogP contribution in [0.3, 0.4) is 0 Å². The fourth-order valence-electron chi connectivity index (χ4n) is 2.28. The van der Waals surface area contributed by atoms with Crippen LogP contribution in [0.2, 0.25) is 0 Å². The molecule has 0 aliphatic rings.